The van der Waals surface area contributed by atoms with Crippen LogP contribution in [0.25, 0.3) is 0 Å². The quantitative estimate of drug-likeness (QED) is 0.422. The Hall–Kier alpha value is 0.700. The highest BCUT2D eigenvalue weighted by Gasteiger charge is 1.97. The zero-order valence-corrected chi connectivity index (χ0v) is 6.55. The Morgan fingerprint density at radius 1 is 1.29 bits per heavy atom. The monoisotopic (exact) mass is 136 g/mol. The van der Waals surface area contributed by atoms with E-state index < -0.39 is 0 Å². The first-order valence-electron chi connectivity index (χ1n) is 2.49. The van der Waals surface area contributed by atoms with Crippen LogP contribution in [0.4, 0.5) is 0 Å². The summed E-state index contributed by atoms with van der Waals surface area (Å²) in [6, 6.07) is 0. The van der Waals surface area contributed by atoms with E-state index in [0.717, 1.165) is 12.3 Å². The van der Waals surface area contributed by atoms with Gasteiger partial charge in [-0.1, -0.05) is 13.8 Å². The molecular weight excluding hydrogens is 124 g/mol. The molecule has 0 aliphatic heterocycles. The number of hydrogen-bond donors (Lipinski definition) is 2. The van der Waals surface area contributed by atoms with Gasteiger partial charge in [-0.15, -0.1) is 0 Å². The minimum absolute atomic E-state index is 0.264. The van der Waals surface area contributed by atoms with Crippen molar-refractivity contribution in [1.82, 2.24) is 0 Å². The van der Waals surface area contributed by atoms with Crippen LogP contribution in [-0.4, -0.2) is 4.58 Å². The molecule has 0 unspecified atom stereocenters. The molecule has 0 nitrogen and oxygen atoms in total. The van der Waals surface area contributed by atoms with Crippen molar-refractivity contribution in [2.75, 3.05) is 0 Å². The molecule has 7 heavy (non-hydrogen) atoms. The maximum absolute atomic E-state index is 4.10. The summed E-state index contributed by atoms with van der Waals surface area (Å²) in [7, 11) is 0. The molecular formula is C5H12S2. The molecule has 0 heterocycles. The maximum Gasteiger partial charge on any atom is 0.0444 e. The van der Waals surface area contributed by atoms with Crippen LogP contribution >= 0.6 is 25.3 Å². The summed E-state index contributed by atoms with van der Waals surface area (Å²) >= 11 is 8.20. The van der Waals surface area contributed by atoms with E-state index in [9.17, 15) is 0 Å². The van der Waals surface area contributed by atoms with Crippen molar-refractivity contribution in [3.8, 4) is 0 Å². The molecule has 2 heteroatoms. The van der Waals surface area contributed by atoms with Crippen molar-refractivity contribution >= 4 is 25.3 Å². The lowest BCUT2D eigenvalue weighted by atomic mass is 10.2. The summed E-state index contributed by atoms with van der Waals surface area (Å²) in [4.78, 5) is 0. The zero-order chi connectivity index (χ0) is 5.86. The van der Waals surface area contributed by atoms with E-state index >= 15 is 0 Å². The van der Waals surface area contributed by atoms with Crippen LogP contribution in [0, 0.1) is 5.92 Å². The van der Waals surface area contributed by atoms with E-state index in [-0.39, 0.29) is 4.58 Å². The zero-order valence-electron chi connectivity index (χ0n) is 4.76. The molecule has 0 amide bonds. The van der Waals surface area contributed by atoms with Crippen LogP contribution in [0.3, 0.4) is 0 Å². The number of thiol groups is 2. The summed E-state index contributed by atoms with van der Waals surface area (Å²) in [5.41, 5.74) is 0. The topological polar surface area (TPSA) is 0 Å². The lowest BCUT2D eigenvalue weighted by Gasteiger charge is -2.04. The van der Waals surface area contributed by atoms with E-state index in [1.165, 1.54) is 0 Å². The van der Waals surface area contributed by atoms with E-state index in [1.807, 2.05) is 0 Å². The Morgan fingerprint density at radius 2 is 1.71 bits per heavy atom. The van der Waals surface area contributed by atoms with Crippen LogP contribution in [0.1, 0.15) is 20.3 Å². The lowest BCUT2D eigenvalue weighted by Crippen LogP contribution is -1.93. The van der Waals surface area contributed by atoms with Crippen LogP contribution in [0.2, 0.25) is 0 Å². The number of hydrogen-bond acceptors (Lipinski definition) is 2. The van der Waals surface area contributed by atoms with Crippen molar-refractivity contribution in [3.63, 3.8) is 0 Å². The highest BCUT2D eigenvalue weighted by atomic mass is 32.2. The molecule has 0 radical (unpaired) electrons. The van der Waals surface area contributed by atoms with Crippen LogP contribution in [0.15, 0.2) is 0 Å². The summed E-state index contributed by atoms with van der Waals surface area (Å²) in [6.45, 7) is 4.33. The fourth-order valence-corrected chi connectivity index (χ4v) is 1.26. The highest BCUT2D eigenvalue weighted by molar-refractivity contribution is 7.99. The molecule has 0 fully saturated rings. The molecule has 0 rings (SSSR count). The average molecular weight is 136 g/mol. The Morgan fingerprint density at radius 3 is 1.71 bits per heavy atom. The average Bonchev–Trinajstić information content (AvgIpc) is 1.27. The molecule has 0 N–H and O–H groups in total. The standard InChI is InChI=1S/C5H12S2/c1-4(2)3-5(6)7/h4-7H,3H2,1-2H3. The molecule has 0 aliphatic rings. The van der Waals surface area contributed by atoms with E-state index in [1.54, 1.807) is 0 Å². The van der Waals surface area contributed by atoms with Crippen molar-refractivity contribution < 1.29 is 0 Å². The molecule has 0 aromatic carbocycles. The second kappa shape index (κ2) is 3.67. The summed E-state index contributed by atoms with van der Waals surface area (Å²) in [6.07, 6.45) is 1.09. The van der Waals surface area contributed by atoms with Gasteiger partial charge in [-0.3, -0.25) is 0 Å². The van der Waals surface area contributed by atoms with Gasteiger partial charge in [-0.05, 0) is 12.3 Å². The van der Waals surface area contributed by atoms with Crippen molar-refractivity contribution in [2.45, 2.75) is 24.9 Å². The molecule has 0 atom stereocenters. The molecule has 0 saturated heterocycles. The molecule has 44 valence electrons. The summed E-state index contributed by atoms with van der Waals surface area (Å²) in [5.74, 6) is 0.722. The van der Waals surface area contributed by atoms with Gasteiger partial charge in [0.2, 0.25) is 0 Å². The van der Waals surface area contributed by atoms with Gasteiger partial charge in [-0.2, -0.15) is 25.3 Å². The summed E-state index contributed by atoms with van der Waals surface area (Å²) < 4.78 is 0.264. The second-order valence-electron chi connectivity index (χ2n) is 2.11. The van der Waals surface area contributed by atoms with Gasteiger partial charge in [0.05, 0.1) is 0 Å². The molecule has 0 spiro atoms. The third-order valence-corrected chi connectivity index (χ3v) is 1.10. The minimum Gasteiger partial charge on any atom is -0.165 e. The summed E-state index contributed by atoms with van der Waals surface area (Å²) in [5, 5.41) is 0. The first-order valence-corrected chi connectivity index (χ1v) is 3.52. The minimum atomic E-state index is 0.264. The third-order valence-electron chi connectivity index (χ3n) is 0.682. The predicted octanol–water partition coefficient (Wildman–Crippen LogP) is 2.22. The smallest absolute Gasteiger partial charge is 0.0444 e. The van der Waals surface area contributed by atoms with E-state index in [4.69, 9.17) is 0 Å². The molecule has 0 saturated carbocycles. The normalized spacial score (nSPS) is 11.1. The van der Waals surface area contributed by atoms with Crippen molar-refractivity contribution in [3.05, 3.63) is 0 Å². The fourth-order valence-electron chi connectivity index (χ4n) is 0.422. The van der Waals surface area contributed by atoms with Gasteiger partial charge in [0, 0.05) is 4.58 Å². The first kappa shape index (κ1) is 7.70. The van der Waals surface area contributed by atoms with Gasteiger partial charge >= 0.3 is 0 Å². The first-order chi connectivity index (χ1) is 3.13. The number of rotatable bonds is 2. The molecule has 0 bridgehead atoms. The van der Waals surface area contributed by atoms with Crippen LogP contribution < -0.4 is 0 Å². The maximum atomic E-state index is 4.10. The molecule has 0 aromatic heterocycles. The van der Waals surface area contributed by atoms with Crippen molar-refractivity contribution in [2.24, 2.45) is 5.92 Å². The van der Waals surface area contributed by atoms with Gasteiger partial charge < -0.3 is 0 Å². The Kier molecular flexibility index (Phi) is 4.04. The van der Waals surface area contributed by atoms with Gasteiger partial charge in [0.15, 0.2) is 0 Å². The lowest BCUT2D eigenvalue weighted by molar-refractivity contribution is 0.622. The predicted molar refractivity (Wildman–Crippen MR) is 41.2 cm³/mol. The SMILES string of the molecule is CC(C)CC(S)S. The molecule has 0 aromatic rings. The highest BCUT2D eigenvalue weighted by Crippen LogP contribution is 2.11. The fraction of sp³-hybridized carbons (Fsp3) is 1.00. The van der Waals surface area contributed by atoms with Crippen molar-refractivity contribution in [1.29, 1.82) is 0 Å². The largest absolute Gasteiger partial charge is 0.165 e. The van der Waals surface area contributed by atoms with E-state index in [0.29, 0.717) is 0 Å². The third kappa shape index (κ3) is 6.70. The Bertz CT molecular complexity index is 35.3. The molecule has 0 aliphatic carbocycles. The Labute approximate surface area is 56.5 Å². The van der Waals surface area contributed by atoms with Crippen LogP contribution in [0.5, 0.6) is 0 Å². The van der Waals surface area contributed by atoms with Gasteiger partial charge in [-0.25, -0.2) is 0 Å². The Balaban J connectivity index is 2.95. The van der Waals surface area contributed by atoms with Crippen LogP contribution in [-0.2, 0) is 0 Å². The van der Waals surface area contributed by atoms with E-state index in [2.05, 4.69) is 39.1 Å². The van der Waals surface area contributed by atoms with Gasteiger partial charge in [0.25, 0.3) is 0 Å². The second-order valence-corrected chi connectivity index (χ2v) is 3.76. The van der Waals surface area contributed by atoms with Gasteiger partial charge in [0.1, 0.15) is 0 Å².